The zero-order chi connectivity index (χ0) is 12.0. The summed E-state index contributed by atoms with van der Waals surface area (Å²) in [7, 11) is 0. The largest absolute Gasteiger partial charge is 2.00 e. The van der Waals surface area contributed by atoms with E-state index in [9.17, 15) is 0 Å². The van der Waals surface area contributed by atoms with Crippen LogP contribution in [0.4, 0.5) is 0 Å². The SMILES string of the molecule is [C-]#N.[C-]#N.[C-]#N.[C-]#N.[C-]#N.[C-]#N.[Co].[Fe+2]. The molecule has 0 atom stereocenters. The average Bonchev–Trinajstić information content (AvgIpc) is 2.33. The van der Waals surface area contributed by atoms with E-state index >= 15 is 0 Å². The van der Waals surface area contributed by atoms with Gasteiger partial charge in [-0.05, 0) is 0 Å². The van der Waals surface area contributed by atoms with E-state index in [1.807, 2.05) is 0 Å². The zero-order valence-electron chi connectivity index (χ0n) is 6.37. The third-order valence-electron chi connectivity index (χ3n) is 0. The Balaban J connectivity index is -0.00000000500. The van der Waals surface area contributed by atoms with E-state index in [-0.39, 0.29) is 33.8 Å². The fourth-order valence-corrected chi connectivity index (χ4v) is 0. The molecule has 14 heavy (non-hydrogen) atoms. The Bertz CT molecular complexity index is 97.3. The van der Waals surface area contributed by atoms with Gasteiger partial charge in [-0.1, -0.05) is 0 Å². The molecule has 0 aliphatic rings. The van der Waals surface area contributed by atoms with Crippen LogP contribution < -0.4 is 0 Å². The predicted molar refractivity (Wildman–Crippen MR) is 29.8 cm³/mol. The molecule has 0 aliphatic heterocycles. The zero-order valence-corrected chi connectivity index (χ0v) is 8.52. The maximum absolute atomic E-state index is 6.25. The van der Waals surface area contributed by atoms with Crippen LogP contribution in [0.1, 0.15) is 0 Å². The second-order valence-electron chi connectivity index (χ2n) is 0. The first-order chi connectivity index (χ1) is 6.00. The van der Waals surface area contributed by atoms with Crippen LogP contribution in [0, 0.1) is 71.0 Å². The van der Waals surface area contributed by atoms with E-state index in [1.54, 1.807) is 0 Å². The smallest absolute Gasteiger partial charge is 0.512 e. The molecule has 0 aromatic carbocycles. The fourth-order valence-electron chi connectivity index (χ4n) is 0. The van der Waals surface area contributed by atoms with Crippen molar-refractivity contribution in [1.29, 1.82) is 31.6 Å². The minimum Gasteiger partial charge on any atom is -0.512 e. The summed E-state index contributed by atoms with van der Waals surface area (Å²) in [6.07, 6.45) is 0. The van der Waals surface area contributed by atoms with Crippen molar-refractivity contribution in [2.45, 2.75) is 0 Å². The summed E-state index contributed by atoms with van der Waals surface area (Å²) in [5.74, 6) is 0. The van der Waals surface area contributed by atoms with Crippen molar-refractivity contribution in [2.24, 2.45) is 0 Å². The second-order valence-corrected chi connectivity index (χ2v) is 0. The van der Waals surface area contributed by atoms with E-state index in [1.165, 1.54) is 0 Å². The first kappa shape index (κ1) is 91.5. The van der Waals surface area contributed by atoms with Gasteiger partial charge in [0.25, 0.3) is 0 Å². The van der Waals surface area contributed by atoms with Crippen molar-refractivity contribution >= 4 is 0 Å². The first-order valence-corrected chi connectivity index (χ1v) is 1.34. The Morgan fingerprint density at radius 1 is 0.357 bits per heavy atom. The molecule has 0 saturated heterocycles. The Morgan fingerprint density at radius 2 is 0.357 bits per heavy atom. The Labute approximate surface area is 105 Å². The molecule has 0 unspecified atom stereocenters. The maximum Gasteiger partial charge on any atom is 2.00 e. The van der Waals surface area contributed by atoms with Crippen LogP contribution in [0.2, 0.25) is 0 Å². The van der Waals surface area contributed by atoms with Crippen molar-refractivity contribution in [3.05, 3.63) is 39.4 Å². The topological polar surface area (TPSA) is 143 Å². The molecule has 0 aliphatic carbocycles. The summed E-state index contributed by atoms with van der Waals surface area (Å²) in [6.45, 7) is 28.5. The summed E-state index contributed by atoms with van der Waals surface area (Å²) in [5.41, 5.74) is 0. The van der Waals surface area contributed by atoms with Crippen LogP contribution in [0.5, 0.6) is 0 Å². The third kappa shape index (κ3) is 194. The Kier molecular flexibility index (Phi) is 1720. The molecule has 0 aromatic heterocycles. The van der Waals surface area contributed by atoms with Crippen molar-refractivity contribution in [3.8, 4) is 0 Å². The third-order valence-corrected chi connectivity index (χ3v) is 0. The Hall–Kier alpha value is -2.03. The van der Waals surface area contributed by atoms with Gasteiger partial charge in [-0.25, -0.2) is 0 Å². The quantitative estimate of drug-likeness (QED) is 0.465. The van der Waals surface area contributed by atoms with Gasteiger partial charge in [-0.2, -0.15) is 0 Å². The molecule has 1 radical (unpaired) electrons. The number of nitrogens with zero attached hydrogens (tertiary/aromatic N) is 6. The summed E-state index contributed by atoms with van der Waals surface area (Å²) in [6, 6.07) is 0. The molecule has 0 spiro atoms. The summed E-state index contributed by atoms with van der Waals surface area (Å²) < 4.78 is 0. The molecular formula is C6CoFeN6-4. The molecule has 75 valence electrons. The predicted octanol–water partition coefficient (Wildman–Crippen LogP) is 0.573. The van der Waals surface area contributed by atoms with E-state index in [0.29, 0.717) is 0 Å². The van der Waals surface area contributed by atoms with Crippen molar-refractivity contribution in [1.82, 2.24) is 0 Å². The van der Waals surface area contributed by atoms with Crippen molar-refractivity contribution in [2.75, 3.05) is 0 Å². The van der Waals surface area contributed by atoms with E-state index in [4.69, 9.17) is 71.0 Å². The minimum absolute atomic E-state index is 0. The van der Waals surface area contributed by atoms with E-state index in [0.717, 1.165) is 0 Å². The molecule has 0 heterocycles. The molecular weight excluding hydrogens is 271 g/mol. The van der Waals surface area contributed by atoms with Crippen LogP contribution >= 0.6 is 0 Å². The van der Waals surface area contributed by atoms with Crippen LogP contribution in [0.15, 0.2) is 0 Å². The molecule has 0 N–H and O–H groups in total. The van der Waals surface area contributed by atoms with Crippen LogP contribution in [0.3, 0.4) is 0 Å². The van der Waals surface area contributed by atoms with Crippen LogP contribution in [-0.4, -0.2) is 0 Å². The summed E-state index contributed by atoms with van der Waals surface area (Å²) >= 11 is 0. The normalized spacial score (nSPS) is 0.857. The molecule has 0 amide bonds. The van der Waals surface area contributed by atoms with Gasteiger partial charge in [-0.15, -0.1) is 0 Å². The number of hydrogen-bond acceptors (Lipinski definition) is 6. The van der Waals surface area contributed by atoms with Gasteiger partial charge in [0.1, 0.15) is 0 Å². The van der Waals surface area contributed by atoms with E-state index in [2.05, 4.69) is 0 Å². The summed E-state index contributed by atoms with van der Waals surface area (Å²) in [4.78, 5) is 0. The molecule has 8 heteroatoms. The van der Waals surface area contributed by atoms with Crippen LogP contribution in [-0.2, 0) is 33.8 Å². The number of rotatable bonds is 0. The van der Waals surface area contributed by atoms with Gasteiger partial charge < -0.3 is 71.0 Å². The molecule has 0 rings (SSSR count). The van der Waals surface area contributed by atoms with Gasteiger partial charge in [0.05, 0.1) is 0 Å². The Morgan fingerprint density at radius 3 is 0.357 bits per heavy atom. The van der Waals surface area contributed by atoms with Gasteiger partial charge in [0.2, 0.25) is 0 Å². The van der Waals surface area contributed by atoms with Gasteiger partial charge >= 0.3 is 17.1 Å². The van der Waals surface area contributed by atoms with Gasteiger partial charge in [0, 0.05) is 16.8 Å². The molecule has 6 nitrogen and oxygen atoms in total. The summed E-state index contributed by atoms with van der Waals surface area (Å²) in [5, 5.41) is 37.5. The monoisotopic (exact) mass is 271 g/mol. The van der Waals surface area contributed by atoms with Crippen molar-refractivity contribution in [3.63, 3.8) is 0 Å². The van der Waals surface area contributed by atoms with E-state index < -0.39 is 0 Å². The minimum atomic E-state index is 0. The first-order valence-electron chi connectivity index (χ1n) is 1.34. The second kappa shape index (κ2) is 263. The average molecular weight is 271 g/mol. The van der Waals surface area contributed by atoms with Crippen molar-refractivity contribution < 1.29 is 33.8 Å². The fraction of sp³-hybridized carbons (Fsp3) is 0. The van der Waals surface area contributed by atoms with Gasteiger partial charge in [-0.3, -0.25) is 0 Å². The number of hydrogen-bond donors (Lipinski definition) is 0. The standard InChI is InChI=1S/6CN.Co.Fe/c6*1-2;;/q6*-1;;+2. The molecule has 0 saturated carbocycles. The van der Waals surface area contributed by atoms with Gasteiger partial charge in [0.15, 0.2) is 0 Å². The molecule has 0 fully saturated rings. The maximum atomic E-state index is 6.25. The van der Waals surface area contributed by atoms with Crippen LogP contribution in [0.25, 0.3) is 0 Å². The molecule has 0 aromatic rings. The molecule has 0 bridgehead atoms.